The van der Waals surface area contributed by atoms with Crippen molar-refractivity contribution in [2.24, 2.45) is 0 Å². The van der Waals surface area contributed by atoms with Crippen LogP contribution in [0.4, 0.5) is 4.39 Å². The minimum Gasteiger partial charge on any atom is -0.423 e. The summed E-state index contributed by atoms with van der Waals surface area (Å²) in [6.45, 7) is 0.973. The highest BCUT2D eigenvalue weighted by atomic mass is 32.2. The number of hydrogen-bond donors (Lipinski definition) is 0. The Kier molecular flexibility index (Phi) is 4.64. The van der Waals surface area contributed by atoms with Gasteiger partial charge in [0.1, 0.15) is 11.6 Å². The molecule has 1 fully saturated rings. The Balaban J connectivity index is 1.83. The summed E-state index contributed by atoms with van der Waals surface area (Å²) in [6.07, 6.45) is 1.67. The number of ether oxygens (including phenoxy) is 1. The number of benzene rings is 2. The molecule has 0 unspecified atom stereocenters. The van der Waals surface area contributed by atoms with Crippen molar-refractivity contribution in [2.45, 2.75) is 17.7 Å². The van der Waals surface area contributed by atoms with Gasteiger partial charge in [0.2, 0.25) is 10.0 Å². The Bertz CT molecular complexity index is 860. The van der Waals surface area contributed by atoms with Crippen LogP contribution in [0.15, 0.2) is 53.4 Å². The fourth-order valence-corrected chi connectivity index (χ4v) is 4.12. The van der Waals surface area contributed by atoms with Gasteiger partial charge in [0, 0.05) is 19.2 Å². The van der Waals surface area contributed by atoms with E-state index in [4.69, 9.17) is 4.74 Å². The molecular weight excluding hydrogens is 333 g/mol. The maximum atomic E-state index is 13.1. The van der Waals surface area contributed by atoms with E-state index in [0.29, 0.717) is 13.1 Å². The number of sulfonamides is 1. The fourth-order valence-electron chi connectivity index (χ4n) is 2.56. The van der Waals surface area contributed by atoms with Crippen molar-refractivity contribution in [1.29, 1.82) is 0 Å². The molecule has 1 aliphatic heterocycles. The van der Waals surface area contributed by atoms with E-state index in [1.54, 1.807) is 0 Å². The first kappa shape index (κ1) is 16.6. The van der Waals surface area contributed by atoms with Crippen molar-refractivity contribution in [2.75, 3.05) is 13.1 Å². The van der Waals surface area contributed by atoms with Crippen molar-refractivity contribution >= 4 is 16.0 Å². The van der Waals surface area contributed by atoms with E-state index in [2.05, 4.69) is 0 Å². The van der Waals surface area contributed by atoms with Crippen LogP contribution in [-0.4, -0.2) is 31.8 Å². The second-order valence-corrected chi connectivity index (χ2v) is 7.42. The topological polar surface area (TPSA) is 63.7 Å². The molecule has 1 aliphatic rings. The van der Waals surface area contributed by atoms with Gasteiger partial charge in [-0.05, 0) is 43.2 Å². The third-order valence-electron chi connectivity index (χ3n) is 3.78. The lowest BCUT2D eigenvalue weighted by Gasteiger charge is -2.15. The summed E-state index contributed by atoms with van der Waals surface area (Å²) in [4.78, 5) is 12.2. The first-order valence-electron chi connectivity index (χ1n) is 7.55. The average Bonchev–Trinajstić information content (AvgIpc) is 3.10. The van der Waals surface area contributed by atoms with Crippen molar-refractivity contribution < 1.29 is 22.3 Å². The lowest BCUT2D eigenvalue weighted by atomic mass is 10.2. The molecule has 1 saturated heterocycles. The van der Waals surface area contributed by atoms with Crippen LogP contribution in [0.2, 0.25) is 0 Å². The van der Waals surface area contributed by atoms with Crippen molar-refractivity contribution in [3.05, 3.63) is 59.9 Å². The van der Waals surface area contributed by atoms with Crippen LogP contribution < -0.4 is 4.74 Å². The van der Waals surface area contributed by atoms with Crippen LogP contribution in [0, 0.1) is 5.82 Å². The van der Waals surface area contributed by atoms with Crippen LogP contribution in [0.3, 0.4) is 0 Å². The van der Waals surface area contributed by atoms with Gasteiger partial charge in [-0.25, -0.2) is 17.6 Å². The summed E-state index contributed by atoms with van der Waals surface area (Å²) in [6, 6.07) is 10.9. The number of halogens is 1. The monoisotopic (exact) mass is 349 g/mol. The average molecular weight is 349 g/mol. The van der Waals surface area contributed by atoms with E-state index in [0.717, 1.165) is 18.9 Å². The zero-order valence-corrected chi connectivity index (χ0v) is 13.6. The van der Waals surface area contributed by atoms with Gasteiger partial charge >= 0.3 is 5.97 Å². The normalized spacial score (nSPS) is 15.4. The molecule has 1 heterocycles. The highest BCUT2D eigenvalue weighted by molar-refractivity contribution is 7.89. The highest BCUT2D eigenvalue weighted by Crippen LogP contribution is 2.22. The molecule has 0 N–H and O–H groups in total. The summed E-state index contributed by atoms with van der Waals surface area (Å²) in [5.74, 6) is -1.20. The molecule has 0 radical (unpaired) electrons. The van der Waals surface area contributed by atoms with Gasteiger partial charge in [-0.1, -0.05) is 12.1 Å². The second kappa shape index (κ2) is 6.70. The largest absolute Gasteiger partial charge is 0.423 e. The van der Waals surface area contributed by atoms with Gasteiger partial charge in [0.25, 0.3) is 0 Å². The van der Waals surface area contributed by atoms with E-state index >= 15 is 0 Å². The SMILES string of the molecule is O=C(Oc1cccc(F)c1)c1cccc(S(=O)(=O)N2CCCC2)c1. The molecule has 0 aromatic heterocycles. The first-order chi connectivity index (χ1) is 11.5. The molecule has 0 spiro atoms. The van der Waals surface area contributed by atoms with Gasteiger partial charge in [0.05, 0.1) is 10.5 Å². The lowest BCUT2D eigenvalue weighted by molar-refractivity contribution is 0.0734. The quantitative estimate of drug-likeness (QED) is 0.629. The zero-order valence-electron chi connectivity index (χ0n) is 12.8. The molecule has 126 valence electrons. The summed E-state index contributed by atoms with van der Waals surface area (Å²) in [5, 5.41) is 0. The first-order valence-corrected chi connectivity index (χ1v) is 8.99. The third kappa shape index (κ3) is 3.47. The number of carbonyl (C=O) groups is 1. The molecule has 0 aliphatic carbocycles. The van der Waals surface area contributed by atoms with Gasteiger partial charge in [-0.2, -0.15) is 4.31 Å². The number of rotatable bonds is 4. The van der Waals surface area contributed by atoms with E-state index in [1.165, 1.54) is 46.8 Å². The minimum absolute atomic E-state index is 0.0538. The maximum Gasteiger partial charge on any atom is 0.343 e. The Morgan fingerprint density at radius 2 is 1.75 bits per heavy atom. The Morgan fingerprint density at radius 3 is 2.46 bits per heavy atom. The molecule has 2 aromatic rings. The van der Waals surface area contributed by atoms with Crippen LogP contribution in [0.25, 0.3) is 0 Å². The van der Waals surface area contributed by atoms with Gasteiger partial charge < -0.3 is 4.74 Å². The van der Waals surface area contributed by atoms with Crippen LogP contribution in [0.1, 0.15) is 23.2 Å². The molecule has 3 rings (SSSR count). The molecule has 0 bridgehead atoms. The smallest absolute Gasteiger partial charge is 0.343 e. The molecule has 2 aromatic carbocycles. The van der Waals surface area contributed by atoms with E-state index in [9.17, 15) is 17.6 Å². The molecule has 7 heteroatoms. The van der Waals surface area contributed by atoms with Crippen molar-refractivity contribution in [3.63, 3.8) is 0 Å². The van der Waals surface area contributed by atoms with E-state index in [1.807, 2.05) is 0 Å². The zero-order chi connectivity index (χ0) is 17.2. The molecule has 0 atom stereocenters. The molecule has 24 heavy (non-hydrogen) atoms. The number of carbonyl (C=O) groups excluding carboxylic acids is 1. The number of nitrogens with zero attached hydrogens (tertiary/aromatic N) is 1. The standard InChI is InChI=1S/C17H16FNO4S/c18-14-6-4-7-15(12-14)23-17(20)13-5-3-8-16(11-13)24(21,22)19-9-1-2-10-19/h3-8,11-12H,1-2,9-10H2. The summed E-state index contributed by atoms with van der Waals surface area (Å²) < 4.78 is 44.7. The molecular formula is C17H16FNO4S. The van der Waals surface area contributed by atoms with Gasteiger partial charge in [-0.3, -0.25) is 0 Å². The predicted octanol–water partition coefficient (Wildman–Crippen LogP) is 2.83. The summed E-state index contributed by atoms with van der Waals surface area (Å²) >= 11 is 0. The molecule has 0 saturated carbocycles. The van der Waals surface area contributed by atoms with E-state index in [-0.39, 0.29) is 16.2 Å². The van der Waals surface area contributed by atoms with Gasteiger partial charge in [-0.15, -0.1) is 0 Å². The molecule has 5 nitrogen and oxygen atoms in total. The van der Waals surface area contributed by atoms with Crippen LogP contribution in [0.5, 0.6) is 5.75 Å². The van der Waals surface area contributed by atoms with Crippen molar-refractivity contribution in [1.82, 2.24) is 4.31 Å². The highest BCUT2D eigenvalue weighted by Gasteiger charge is 2.27. The lowest BCUT2D eigenvalue weighted by Crippen LogP contribution is -2.28. The fraction of sp³-hybridized carbons (Fsp3) is 0.235. The summed E-state index contributed by atoms with van der Waals surface area (Å²) in [7, 11) is -3.61. The molecule has 0 amide bonds. The number of hydrogen-bond acceptors (Lipinski definition) is 4. The number of esters is 1. The Morgan fingerprint density at radius 1 is 1.04 bits per heavy atom. The van der Waals surface area contributed by atoms with Crippen LogP contribution >= 0.6 is 0 Å². The minimum atomic E-state index is -3.61. The Hall–Kier alpha value is -2.25. The Labute approximate surface area is 139 Å². The van der Waals surface area contributed by atoms with Gasteiger partial charge in [0.15, 0.2) is 0 Å². The third-order valence-corrected chi connectivity index (χ3v) is 5.67. The predicted molar refractivity (Wildman–Crippen MR) is 85.8 cm³/mol. The summed E-state index contributed by atoms with van der Waals surface area (Å²) in [5.41, 5.74) is 0.0968. The van der Waals surface area contributed by atoms with Crippen molar-refractivity contribution in [3.8, 4) is 5.75 Å². The van der Waals surface area contributed by atoms with E-state index < -0.39 is 21.8 Å². The van der Waals surface area contributed by atoms with Crippen LogP contribution in [-0.2, 0) is 10.0 Å². The maximum absolute atomic E-state index is 13.1. The second-order valence-electron chi connectivity index (χ2n) is 5.49.